The molecule has 4 aromatic rings. The minimum absolute atomic E-state index is 0.0395. The molecule has 0 radical (unpaired) electrons. The molecule has 5 rings (SSSR count). The van der Waals surface area contributed by atoms with Crippen molar-refractivity contribution in [3.05, 3.63) is 96.1 Å². The van der Waals surface area contributed by atoms with Crippen LogP contribution < -0.4 is 4.74 Å². The molecule has 182 valence electrons. The summed E-state index contributed by atoms with van der Waals surface area (Å²) in [5, 5.41) is 15.8. The molecule has 0 saturated carbocycles. The lowest BCUT2D eigenvalue weighted by Crippen LogP contribution is -2.25. The summed E-state index contributed by atoms with van der Waals surface area (Å²) in [6.45, 7) is 1.28. The standard InChI is InChI=1S/C28H27N5O2S/c1-35-25-15-9-8-14-23(25)27-29-30-28(32(27)18-16-21-10-4-2-5-11-21)36-20-26(34)33-19-17-24(31-33)22-12-6-3-7-13-22/h2-15H,16-20H2,1H3. The largest absolute Gasteiger partial charge is 0.496 e. The molecule has 0 unspecified atom stereocenters. The number of hydrogen-bond acceptors (Lipinski definition) is 6. The van der Waals surface area contributed by atoms with Gasteiger partial charge in [-0.1, -0.05) is 84.6 Å². The van der Waals surface area contributed by atoms with Gasteiger partial charge in [-0.25, -0.2) is 5.01 Å². The number of nitrogens with zero attached hydrogens (tertiary/aromatic N) is 5. The highest BCUT2D eigenvalue weighted by Crippen LogP contribution is 2.31. The molecule has 36 heavy (non-hydrogen) atoms. The Labute approximate surface area is 214 Å². The average molecular weight is 498 g/mol. The van der Waals surface area contributed by atoms with Gasteiger partial charge in [-0.2, -0.15) is 5.10 Å². The number of para-hydroxylation sites is 1. The van der Waals surface area contributed by atoms with Gasteiger partial charge in [0.05, 0.1) is 30.7 Å². The van der Waals surface area contributed by atoms with Crippen LogP contribution in [0.2, 0.25) is 0 Å². The van der Waals surface area contributed by atoms with Crippen LogP contribution in [0.3, 0.4) is 0 Å². The molecule has 0 spiro atoms. The molecule has 1 aliphatic heterocycles. The molecule has 1 aromatic heterocycles. The predicted molar refractivity (Wildman–Crippen MR) is 142 cm³/mol. The van der Waals surface area contributed by atoms with Crippen molar-refractivity contribution in [1.82, 2.24) is 19.8 Å². The average Bonchev–Trinajstić information content (AvgIpc) is 3.59. The highest BCUT2D eigenvalue weighted by atomic mass is 32.2. The van der Waals surface area contributed by atoms with Crippen LogP contribution >= 0.6 is 11.8 Å². The van der Waals surface area contributed by atoms with E-state index in [0.717, 1.165) is 41.3 Å². The fraction of sp³-hybridized carbons (Fsp3) is 0.214. The summed E-state index contributed by atoms with van der Waals surface area (Å²) in [7, 11) is 1.65. The number of methoxy groups -OCH3 is 1. The summed E-state index contributed by atoms with van der Waals surface area (Å²) in [6.07, 6.45) is 1.57. The Bertz CT molecular complexity index is 1350. The summed E-state index contributed by atoms with van der Waals surface area (Å²) in [5.41, 5.74) is 4.10. The van der Waals surface area contributed by atoms with Crippen LogP contribution in [0.15, 0.2) is 95.2 Å². The minimum atomic E-state index is -0.0395. The Morgan fingerprint density at radius 3 is 2.44 bits per heavy atom. The first-order valence-corrected chi connectivity index (χ1v) is 12.9. The fourth-order valence-corrected chi connectivity index (χ4v) is 5.02. The van der Waals surface area contributed by atoms with Crippen molar-refractivity contribution in [3.8, 4) is 17.1 Å². The number of benzene rings is 3. The number of amides is 1. The lowest BCUT2D eigenvalue weighted by molar-refractivity contribution is -0.127. The number of rotatable bonds is 9. The van der Waals surface area contributed by atoms with Crippen molar-refractivity contribution >= 4 is 23.4 Å². The Kier molecular flexibility index (Phi) is 7.42. The summed E-state index contributed by atoms with van der Waals surface area (Å²) in [6, 6.07) is 28.1. The third kappa shape index (κ3) is 5.33. The third-order valence-electron chi connectivity index (χ3n) is 6.05. The van der Waals surface area contributed by atoms with Gasteiger partial charge in [0.1, 0.15) is 5.75 Å². The zero-order valence-electron chi connectivity index (χ0n) is 20.1. The van der Waals surface area contributed by atoms with E-state index in [2.05, 4.69) is 32.0 Å². The molecule has 0 fully saturated rings. The van der Waals surface area contributed by atoms with E-state index in [-0.39, 0.29) is 11.7 Å². The van der Waals surface area contributed by atoms with Gasteiger partial charge in [0.15, 0.2) is 11.0 Å². The van der Waals surface area contributed by atoms with Crippen LogP contribution in [-0.2, 0) is 17.8 Å². The summed E-state index contributed by atoms with van der Waals surface area (Å²) in [4.78, 5) is 13.0. The smallest absolute Gasteiger partial charge is 0.253 e. The monoisotopic (exact) mass is 497 g/mol. The number of carbonyl (C=O) groups is 1. The number of hydrazone groups is 1. The van der Waals surface area contributed by atoms with Gasteiger partial charge in [-0.3, -0.25) is 4.79 Å². The highest BCUT2D eigenvalue weighted by Gasteiger charge is 2.23. The molecule has 0 atom stereocenters. The van der Waals surface area contributed by atoms with Crippen molar-refractivity contribution in [3.63, 3.8) is 0 Å². The van der Waals surface area contributed by atoms with Gasteiger partial charge < -0.3 is 9.30 Å². The van der Waals surface area contributed by atoms with Crippen molar-refractivity contribution in [2.45, 2.75) is 24.5 Å². The zero-order valence-corrected chi connectivity index (χ0v) is 20.9. The molecule has 0 bridgehead atoms. The molecule has 2 heterocycles. The maximum Gasteiger partial charge on any atom is 0.253 e. The maximum atomic E-state index is 13.0. The zero-order chi connectivity index (χ0) is 24.7. The van der Waals surface area contributed by atoms with Crippen molar-refractivity contribution in [1.29, 1.82) is 0 Å². The number of carbonyl (C=O) groups excluding carboxylic acids is 1. The predicted octanol–water partition coefficient (Wildman–Crippen LogP) is 4.93. The first-order chi connectivity index (χ1) is 17.7. The first kappa shape index (κ1) is 23.8. The lowest BCUT2D eigenvalue weighted by Gasteiger charge is -2.13. The summed E-state index contributed by atoms with van der Waals surface area (Å²) in [5.74, 6) is 1.66. The second-order valence-corrected chi connectivity index (χ2v) is 9.30. The molecule has 0 aliphatic carbocycles. The van der Waals surface area contributed by atoms with E-state index in [0.29, 0.717) is 18.2 Å². The first-order valence-electron chi connectivity index (χ1n) is 11.9. The van der Waals surface area contributed by atoms with Crippen LogP contribution in [0.4, 0.5) is 0 Å². The van der Waals surface area contributed by atoms with Crippen LogP contribution in [0, 0.1) is 0 Å². The number of ether oxygens (including phenoxy) is 1. The van der Waals surface area contributed by atoms with E-state index in [4.69, 9.17) is 4.74 Å². The second-order valence-electron chi connectivity index (χ2n) is 8.36. The van der Waals surface area contributed by atoms with Gasteiger partial charge in [0, 0.05) is 13.0 Å². The van der Waals surface area contributed by atoms with Gasteiger partial charge in [-0.05, 0) is 29.7 Å². The van der Waals surface area contributed by atoms with Crippen LogP contribution in [0.1, 0.15) is 17.5 Å². The Balaban J connectivity index is 1.34. The topological polar surface area (TPSA) is 72.6 Å². The molecule has 1 aliphatic rings. The van der Waals surface area contributed by atoms with E-state index in [1.807, 2.05) is 72.8 Å². The van der Waals surface area contributed by atoms with Crippen LogP contribution in [-0.4, -0.2) is 50.8 Å². The number of aryl methyl sites for hydroxylation is 1. The third-order valence-corrected chi connectivity index (χ3v) is 7.00. The van der Waals surface area contributed by atoms with Gasteiger partial charge in [0.25, 0.3) is 5.91 Å². The SMILES string of the molecule is COc1ccccc1-c1nnc(SCC(=O)N2CCC(c3ccccc3)=N2)n1CCc1ccccc1. The number of aromatic nitrogens is 3. The molecule has 8 heteroatoms. The van der Waals surface area contributed by atoms with Crippen LogP contribution in [0.5, 0.6) is 5.75 Å². The van der Waals surface area contributed by atoms with E-state index >= 15 is 0 Å². The van der Waals surface area contributed by atoms with Gasteiger partial charge in [-0.15, -0.1) is 10.2 Å². The molecule has 3 aromatic carbocycles. The highest BCUT2D eigenvalue weighted by molar-refractivity contribution is 7.99. The van der Waals surface area contributed by atoms with E-state index < -0.39 is 0 Å². The molecule has 0 saturated heterocycles. The summed E-state index contributed by atoms with van der Waals surface area (Å²) < 4.78 is 7.65. The van der Waals surface area contributed by atoms with Crippen molar-refractivity contribution in [2.24, 2.45) is 5.10 Å². The minimum Gasteiger partial charge on any atom is -0.496 e. The van der Waals surface area contributed by atoms with Gasteiger partial charge >= 0.3 is 0 Å². The fourth-order valence-electron chi connectivity index (χ4n) is 4.18. The normalized spacial score (nSPS) is 13.0. The molecule has 0 N–H and O–H groups in total. The Hall–Kier alpha value is -3.91. The maximum absolute atomic E-state index is 13.0. The number of thioether (sulfide) groups is 1. The summed E-state index contributed by atoms with van der Waals surface area (Å²) >= 11 is 1.39. The second kappa shape index (κ2) is 11.2. The van der Waals surface area contributed by atoms with Crippen LogP contribution in [0.25, 0.3) is 11.4 Å². The lowest BCUT2D eigenvalue weighted by atomic mass is 10.1. The van der Waals surface area contributed by atoms with Crippen molar-refractivity contribution < 1.29 is 9.53 Å². The molecular formula is C28H27N5O2S. The Morgan fingerprint density at radius 1 is 0.944 bits per heavy atom. The van der Waals surface area contributed by atoms with Gasteiger partial charge in [0.2, 0.25) is 0 Å². The molecule has 7 nitrogen and oxygen atoms in total. The molecular weight excluding hydrogens is 470 g/mol. The van der Waals surface area contributed by atoms with Crippen molar-refractivity contribution in [2.75, 3.05) is 19.4 Å². The molecule has 1 amide bonds. The Morgan fingerprint density at radius 2 is 1.67 bits per heavy atom. The number of hydrogen-bond donors (Lipinski definition) is 0. The van der Waals surface area contributed by atoms with E-state index in [1.54, 1.807) is 12.1 Å². The van der Waals surface area contributed by atoms with E-state index in [9.17, 15) is 4.79 Å². The van der Waals surface area contributed by atoms with E-state index in [1.165, 1.54) is 17.3 Å². The quantitative estimate of drug-likeness (QED) is 0.307.